The van der Waals surface area contributed by atoms with E-state index in [0.717, 1.165) is 0 Å². The average molecular weight is 262 g/mol. The van der Waals surface area contributed by atoms with Crippen molar-refractivity contribution in [1.82, 2.24) is 10.6 Å². The van der Waals surface area contributed by atoms with E-state index in [1.54, 1.807) is 19.2 Å². The minimum atomic E-state index is -0.391. The molecule has 0 aromatic heterocycles. The highest BCUT2D eigenvalue weighted by Crippen LogP contribution is 2.09. The zero-order valence-electron chi connectivity index (χ0n) is 11.7. The summed E-state index contributed by atoms with van der Waals surface area (Å²) in [5.74, 6) is 0.217. The summed E-state index contributed by atoms with van der Waals surface area (Å²) in [5.41, 5.74) is 0.694. The molecule has 1 rings (SSSR count). The number of nitrogens with one attached hydrogen (secondary N) is 2. The highest BCUT2D eigenvalue weighted by Gasteiger charge is 2.12. The quantitative estimate of drug-likeness (QED) is 0.634. The Morgan fingerprint density at radius 2 is 2.11 bits per heavy atom. The van der Waals surface area contributed by atoms with Crippen LogP contribution in [0, 0.1) is 17.1 Å². The fourth-order valence-corrected chi connectivity index (χ4v) is 1.47. The number of nitriles is 1. The predicted molar refractivity (Wildman–Crippen MR) is 74.2 cm³/mol. The van der Waals surface area contributed by atoms with Crippen LogP contribution >= 0.6 is 0 Å². The number of hydrogen-bond acceptors (Lipinski definition) is 2. The molecule has 1 aromatic carbocycles. The Balaban J connectivity index is 2.69. The smallest absolute Gasteiger partial charge is 0.191 e. The van der Waals surface area contributed by atoms with Crippen LogP contribution in [0.15, 0.2) is 23.2 Å². The Morgan fingerprint density at radius 3 is 2.58 bits per heavy atom. The standard InChI is InChI=1S/C14H19FN4/c1-14(2,3)19-13(17-4)18-9-11-6-5-10(8-16)7-12(11)15/h5-7H,9H2,1-4H3,(H2,17,18,19). The van der Waals surface area contributed by atoms with Gasteiger partial charge in [-0.2, -0.15) is 5.26 Å². The van der Waals surface area contributed by atoms with Crippen LogP contribution in [0.25, 0.3) is 0 Å². The summed E-state index contributed by atoms with van der Waals surface area (Å²) in [5, 5.41) is 14.9. The van der Waals surface area contributed by atoms with Crippen LogP contribution in [-0.2, 0) is 6.54 Å². The first-order valence-electron chi connectivity index (χ1n) is 6.03. The molecule has 2 N–H and O–H groups in total. The first-order chi connectivity index (χ1) is 8.85. The molecule has 1 aromatic rings. The van der Waals surface area contributed by atoms with Crippen LogP contribution < -0.4 is 10.6 Å². The Labute approximate surface area is 113 Å². The van der Waals surface area contributed by atoms with E-state index in [0.29, 0.717) is 23.6 Å². The van der Waals surface area contributed by atoms with E-state index in [9.17, 15) is 4.39 Å². The number of guanidine groups is 1. The van der Waals surface area contributed by atoms with Crippen LogP contribution in [0.4, 0.5) is 4.39 Å². The van der Waals surface area contributed by atoms with Crippen LogP contribution in [0.3, 0.4) is 0 Å². The zero-order valence-corrected chi connectivity index (χ0v) is 11.7. The van der Waals surface area contributed by atoms with Gasteiger partial charge in [0, 0.05) is 24.7 Å². The van der Waals surface area contributed by atoms with Crippen molar-refractivity contribution in [3.05, 3.63) is 35.1 Å². The summed E-state index contributed by atoms with van der Waals surface area (Å²) in [6, 6.07) is 6.34. The van der Waals surface area contributed by atoms with Crippen molar-refractivity contribution in [2.45, 2.75) is 32.9 Å². The molecule has 0 unspecified atom stereocenters. The zero-order chi connectivity index (χ0) is 14.5. The average Bonchev–Trinajstić information content (AvgIpc) is 2.34. The first-order valence-corrected chi connectivity index (χ1v) is 6.03. The van der Waals surface area contributed by atoms with Gasteiger partial charge in [-0.25, -0.2) is 4.39 Å². The second kappa shape index (κ2) is 6.19. The fourth-order valence-electron chi connectivity index (χ4n) is 1.47. The molecule has 102 valence electrons. The number of rotatable bonds is 2. The lowest BCUT2D eigenvalue weighted by Crippen LogP contribution is -2.47. The summed E-state index contributed by atoms with van der Waals surface area (Å²) < 4.78 is 13.7. The highest BCUT2D eigenvalue weighted by atomic mass is 19.1. The highest BCUT2D eigenvalue weighted by molar-refractivity contribution is 5.80. The van der Waals surface area contributed by atoms with Gasteiger partial charge in [-0.05, 0) is 32.9 Å². The Kier molecular flexibility index (Phi) is 4.87. The van der Waals surface area contributed by atoms with Crippen LogP contribution in [0.2, 0.25) is 0 Å². The van der Waals surface area contributed by atoms with Gasteiger partial charge in [0.1, 0.15) is 5.82 Å². The summed E-state index contributed by atoms with van der Waals surface area (Å²) in [6.07, 6.45) is 0. The molecule has 19 heavy (non-hydrogen) atoms. The Hall–Kier alpha value is -2.09. The van der Waals surface area contributed by atoms with Gasteiger partial charge in [0.25, 0.3) is 0 Å². The van der Waals surface area contributed by atoms with E-state index in [4.69, 9.17) is 5.26 Å². The van der Waals surface area contributed by atoms with E-state index < -0.39 is 5.82 Å². The summed E-state index contributed by atoms with van der Waals surface area (Å²) in [4.78, 5) is 4.07. The fraction of sp³-hybridized carbons (Fsp3) is 0.429. The Morgan fingerprint density at radius 1 is 1.42 bits per heavy atom. The normalized spacial score (nSPS) is 11.9. The lowest BCUT2D eigenvalue weighted by atomic mass is 10.1. The number of nitrogens with zero attached hydrogens (tertiary/aromatic N) is 2. The van der Waals surface area contributed by atoms with Crippen molar-refractivity contribution in [2.75, 3.05) is 7.05 Å². The molecular formula is C14H19FN4. The molecule has 0 aliphatic rings. The third-order valence-electron chi connectivity index (χ3n) is 2.35. The molecule has 4 nitrogen and oxygen atoms in total. The maximum Gasteiger partial charge on any atom is 0.191 e. The van der Waals surface area contributed by atoms with Crippen molar-refractivity contribution < 1.29 is 4.39 Å². The molecule has 0 spiro atoms. The molecule has 0 fully saturated rings. The molecular weight excluding hydrogens is 243 g/mol. The topological polar surface area (TPSA) is 60.2 Å². The van der Waals surface area contributed by atoms with Gasteiger partial charge >= 0.3 is 0 Å². The molecule has 0 atom stereocenters. The minimum Gasteiger partial charge on any atom is -0.352 e. The van der Waals surface area contributed by atoms with E-state index in [2.05, 4.69) is 15.6 Å². The molecule has 0 aliphatic carbocycles. The third kappa shape index (κ3) is 4.96. The lowest BCUT2D eigenvalue weighted by Gasteiger charge is -2.23. The molecule has 0 aliphatic heterocycles. The molecule has 0 radical (unpaired) electrons. The molecule has 0 saturated heterocycles. The van der Waals surface area contributed by atoms with E-state index in [1.807, 2.05) is 26.8 Å². The maximum absolute atomic E-state index is 13.7. The van der Waals surface area contributed by atoms with Crippen LogP contribution in [0.1, 0.15) is 31.9 Å². The van der Waals surface area contributed by atoms with E-state index in [-0.39, 0.29) is 5.54 Å². The molecule has 0 saturated carbocycles. The van der Waals surface area contributed by atoms with Gasteiger partial charge in [0.15, 0.2) is 5.96 Å². The first kappa shape index (κ1) is 15.0. The van der Waals surface area contributed by atoms with Crippen molar-refractivity contribution in [3.63, 3.8) is 0 Å². The maximum atomic E-state index is 13.7. The summed E-state index contributed by atoms with van der Waals surface area (Å²) in [7, 11) is 1.66. The van der Waals surface area contributed by atoms with E-state index >= 15 is 0 Å². The molecule has 0 amide bonds. The number of hydrogen-bond donors (Lipinski definition) is 2. The number of halogens is 1. The summed E-state index contributed by atoms with van der Waals surface area (Å²) in [6.45, 7) is 6.36. The van der Waals surface area contributed by atoms with E-state index in [1.165, 1.54) is 6.07 Å². The van der Waals surface area contributed by atoms with Crippen molar-refractivity contribution in [3.8, 4) is 6.07 Å². The largest absolute Gasteiger partial charge is 0.352 e. The van der Waals surface area contributed by atoms with Gasteiger partial charge < -0.3 is 10.6 Å². The van der Waals surface area contributed by atoms with Gasteiger partial charge in [-0.1, -0.05) is 6.07 Å². The van der Waals surface area contributed by atoms with Gasteiger partial charge in [0.05, 0.1) is 11.6 Å². The van der Waals surface area contributed by atoms with Crippen LogP contribution in [0.5, 0.6) is 0 Å². The monoisotopic (exact) mass is 262 g/mol. The van der Waals surface area contributed by atoms with Gasteiger partial charge in [-0.3, -0.25) is 4.99 Å². The second-order valence-electron chi connectivity index (χ2n) is 5.22. The van der Waals surface area contributed by atoms with Crippen molar-refractivity contribution >= 4 is 5.96 Å². The van der Waals surface area contributed by atoms with Crippen molar-refractivity contribution in [1.29, 1.82) is 5.26 Å². The van der Waals surface area contributed by atoms with Gasteiger partial charge in [-0.15, -0.1) is 0 Å². The van der Waals surface area contributed by atoms with Crippen molar-refractivity contribution in [2.24, 2.45) is 4.99 Å². The molecule has 5 heteroatoms. The van der Waals surface area contributed by atoms with Gasteiger partial charge in [0.2, 0.25) is 0 Å². The lowest BCUT2D eigenvalue weighted by molar-refractivity contribution is 0.500. The number of aliphatic imine (C=N–C) groups is 1. The predicted octanol–water partition coefficient (Wildman–Crippen LogP) is 2.16. The summed E-state index contributed by atoms with van der Waals surface area (Å²) >= 11 is 0. The third-order valence-corrected chi connectivity index (χ3v) is 2.35. The number of benzene rings is 1. The SMILES string of the molecule is CN=C(NCc1ccc(C#N)cc1F)NC(C)(C)C. The Bertz CT molecular complexity index is 509. The van der Waals surface area contributed by atoms with Crippen LogP contribution in [-0.4, -0.2) is 18.5 Å². The molecule has 0 heterocycles. The second-order valence-corrected chi connectivity index (χ2v) is 5.22. The minimum absolute atomic E-state index is 0.120. The molecule has 0 bridgehead atoms.